The predicted octanol–water partition coefficient (Wildman–Crippen LogP) is 14.0. The van der Waals surface area contributed by atoms with E-state index in [4.69, 9.17) is 19.4 Å². The van der Waals surface area contributed by atoms with Crippen molar-refractivity contribution in [1.82, 2.24) is 29.1 Å². The Labute approximate surface area is 360 Å². The van der Waals surface area contributed by atoms with Crippen molar-refractivity contribution < 1.29 is 4.42 Å². The van der Waals surface area contributed by atoms with Crippen LogP contribution in [0.3, 0.4) is 0 Å². The molecular weight excluding hydrogens is 773 g/mol. The van der Waals surface area contributed by atoms with Gasteiger partial charge in [0.15, 0.2) is 5.58 Å². The highest BCUT2D eigenvalue weighted by Crippen LogP contribution is 2.39. The lowest BCUT2D eigenvalue weighted by Crippen LogP contribution is -2.04. The number of pyridine rings is 2. The number of hydrogen-bond acceptors (Lipinski definition) is 5. The first-order chi connectivity index (χ1) is 31.2. The molecule has 63 heavy (non-hydrogen) atoms. The Kier molecular flexibility index (Phi) is 7.77. The van der Waals surface area contributed by atoms with E-state index in [1.54, 1.807) is 0 Å². The second-order valence-corrected chi connectivity index (χ2v) is 15.9. The molecule has 7 heteroatoms. The second-order valence-electron chi connectivity index (χ2n) is 15.9. The molecule has 0 saturated carbocycles. The number of aromatic nitrogens is 6. The van der Waals surface area contributed by atoms with E-state index in [2.05, 4.69) is 148 Å². The molecule has 0 atom stereocenters. The lowest BCUT2D eigenvalue weighted by molar-refractivity contribution is 0.668. The van der Waals surface area contributed by atoms with Crippen molar-refractivity contribution >= 4 is 65.7 Å². The summed E-state index contributed by atoms with van der Waals surface area (Å²) in [5.41, 5.74) is 15.9. The van der Waals surface area contributed by atoms with Crippen LogP contribution < -0.4 is 0 Å². The zero-order valence-electron chi connectivity index (χ0n) is 33.7. The van der Waals surface area contributed by atoms with Crippen molar-refractivity contribution in [3.8, 4) is 56.4 Å². The van der Waals surface area contributed by atoms with Gasteiger partial charge in [0.1, 0.15) is 11.1 Å². The lowest BCUT2D eigenvalue weighted by Gasteiger charge is -2.12. The van der Waals surface area contributed by atoms with Crippen LogP contribution in [0, 0.1) is 0 Å². The smallest absolute Gasteiger partial charge is 0.235 e. The number of para-hydroxylation sites is 2. The molecular formula is C56H34N6O. The maximum absolute atomic E-state index is 6.12. The number of fused-ring (bicyclic) bond motifs is 9. The molecule has 0 aliphatic carbocycles. The maximum Gasteiger partial charge on any atom is 0.235 e. The molecule has 0 unspecified atom stereocenters. The summed E-state index contributed by atoms with van der Waals surface area (Å²) in [5, 5.41) is 5.62. The highest BCUT2D eigenvalue weighted by Gasteiger charge is 2.19. The maximum atomic E-state index is 6.12. The molecule has 0 spiro atoms. The Balaban J connectivity index is 0.942. The predicted molar refractivity (Wildman–Crippen MR) is 255 cm³/mol. The monoisotopic (exact) mass is 806 g/mol. The molecule has 0 fully saturated rings. The second kappa shape index (κ2) is 13.9. The van der Waals surface area contributed by atoms with E-state index in [0.717, 1.165) is 105 Å². The van der Waals surface area contributed by atoms with Crippen molar-refractivity contribution in [2.24, 2.45) is 0 Å². The van der Waals surface area contributed by atoms with Gasteiger partial charge < -0.3 is 8.98 Å². The van der Waals surface area contributed by atoms with Crippen LogP contribution in [0.1, 0.15) is 0 Å². The van der Waals surface area contributed by atoms with Gasteiger partial charge in [-0.05, 0) is 83.9 Å². The van der Waals surface area contributed by atoms with Crippen LogP contribution in [0.25, 0.3) is 122 Å². The normalized spacial score (nSPS) is 11.8. The zero-order chi connectivity index (χ0) is 41.4. The highest BCUT2D eigenvalue weighted by molar-refractivity contribution is 6.12. The van der Waals surface area contributed by atoms with E-state index in [-0.39, 0.29) is 0 Å². The highest BCUT2D eigenvalue weighted by atomic mass is 16.3. The van der Waals surface area contributed by atoms with Crippen molar-refractivity contribution in [3.05, 3.63) is 207 Å². The van der Waals surface area contributed by atoms with Crippen molar-refractivity contribution in [3.63, 3.8) is 0 Å². The number of rotatable bonds is 6. The Morgan fingerprint density at radius 1 is 0.365 bits per heavy atom. The van der Waals surface area contributed by atoms with E-state index in [1.165, 1.54) is 10.8 Å². The SMILES string of the molecule is c1ccc(-c2cc(-c3ccccc3)nc(-n3c4ccccc4c4ccc(-c5cncc(-c6ccc7c(c6)c6ccccc6n7-c6ccc7oc8cccnc8c7c6)c5)cc43)n2)cc1. The zero-order valence-corrected chi connectivity index (χ0v) is 33.7. The molecule has 0 bridgehead atoms. The van der Waals surface area contributed by atoms with E-state index in [9.17, 15) is 0 Å². The summed E-state index contributed by atoms with van der Waals surface area (Å²) in [7, 11) is 0. The van der Waals surface area contributed by atoms with Crippen molar-refractivity contribution in [2.45, 2.75) is 0 Å². The fourth-order valence-corrected chi connectivity index (χ4v) is 9.32. The average molecular weight is 807 g/mol. The fourth-order valence-electron chi connectivity index (χ4n) is 9.32. The molecule has 0 aliphatic rings. The Morgan fingerprint density at radius 3 is 1.73 bits per heavy atom. The number of benzene rings is 7. The van der Waals surface area contributed by atoms with Gasteiger partial charge in [-0.3, -0.25) is 14.5 Å². The molecule has 0 aliphatic heterocycles. The molecule has 0 amide bonds. The summed E-state index contributed by atoms with van der Waals surface area (Å²) in [5.74, 6) is 0.618. The topological polar surface area (TPSA) is 74.6 Å². The number of hydrogen-bond donors (Lipinski definition) is 0. The molecule has 6 aromatic heterocycles. The van der Waals surface area contributed by atoms with Crippen LogP contribution in [0.15, 0.2) is 211 Å². The molecule has 0 saturated heterocycles. The van der Waals surface area contributed by atoms with Gasteiger partial charge in [0.05, 0.1) is 33.5 Å². The molecule has 13 aromatic rings. The third kappa shape index (κ3) is 5.67. The van der Waals surface area contributed by atoms with Gasteiger partial charge in [-0.25, -0.2) is 9.97 Å². The van der Waals surface area contributed by atoms with Gasteiger partial charge in [0.25, 0.3) is 0 Å². The van der Waals surface area contributed by atoms with Crippen LogP contribution in [-0.2, 0) is 0 Å². The summed E-state index contributed by atoms with van der Waals surface area (Å²) in [4.78, 5) is 20.0. The lowest BCUT2D eigenvalue weighted by atomic mass is 9.99. The molecule has 7 nitrogen and oxygen atoms in total. The van der Waals surface area contributed by atoms with Gasteiger partial charge >= 0.3 is 0 Å². The Bertz CT molecular complexity index is 3860. The Morgan fingerprint density at radius 2 is 0.984 bits per heavy atom. The minimum Gasteiger partial charge on any atom is -0.454 e. The first-order valence-corrected chi connectivity index (χ1v) is 21.0. The minimum atomic E-state index is 0.618. The van der Waals surface area contributed by atoms with Gasteiger partial charge in [0, 0.05) is 73.5 Å². The molecule has 0 N–H and O–H groups in total. The molecule has 13 rings (SSSR count). The van der Waals surface area contributed by atoms with Crippen LogP contribution in [0.4, 0.5) is 0 Å². The first-order valence-electron chi connectivity index (χ1n) is 21.0. The van der Waals surface area contributed by atoms with Crippen LogP contribution >= 0.6 is 0 Å². The van der Waals surface area contributed by atoms with E-state index >= 15 is 0 Å². The summed E-state index contributed by atoms with van der Waals surface area (Å²) in [6.07, 6.45) is 5.72. The minimum absolute atomic E-state index is 0.618. The number of furan rings is 1. The molecule has 0 radical (unpaired) electrons. The summed E-state index contributed by atoms with van der Waals surface area (Å²) in [6, 6.07) is 65.7. The summed E-state index contributed by atoms with van der Waals surface area (Å²) >= 11 is 0. The quantitative estimate of drug-likeness (QED) is 0.167. The van der Waals surface area contributed by atoms with Crippen LogP contribution in [-0.4, -0.2) is 29.1 Å². The first kappa shape index (κ1) is 35.1. The fraction of sp³-hybridized carbons (Fsp3) is 0. The van der Waals surface area contributed by atoms with E-state index < -0.39 is 0 Å². The third-order valence-electron chi connectivity index (χ3n) is 12.3. The van der Waals surface area contributed by atoms with Gasteiger partial charge in [0.2, 0.25) is 5.95 Å². The van der Waals surface area contributed by atoms with Gasteiger partial charge in [-0.15, -0.1) is 0 Å². The third-order valence-corrected chi connectivity index (χ3v) is 12.3. The largest absolute Gasteiger partial charge is 0.454 e. The van der Waals surface area contributed by atoms with Crippen LogP contribution in [0.5, 0.6) is 0 Å². The molecule has 6 heterocycles. The summed E-state index contributed by atoms with van der Waals surface area (Å²) in [6.45, 7) is 0. The number of nitrogens with zero attached hydrogens (tertiary/aromatic N) is 6. The van der Waals surface area contributed by atoms with Gasteiger partial charge in [-0.1, -0.05) is 115 Å². The average Bonchev–Trinajstić information content (AvgIpc) is 4.01. The van der Waals surface area contributed by atoms with E-state index in [0.29, 0.717) is 5.95 Å². The summed E-state index contributed by atoms with van der Waals surface area (Å²) < 4.78 is 10.7. The molecule has 294 valence electrons. The standard InChI is InChI=1S/C56H34N6O/c1-3-12-35(13-4-1)47-32-48(36-14-5-2-6-15-36)60-56(59-47)62-50-19-10-7-16-42(50)44-24-21-38(30-52(44)62)40-28-39(33-57-34-40)37-22-25-51-45(29-37)43-17-8-9-18-49(43)61(51)41-23-26-53-46(31-41)55-54(63-53)20-11-27-58-55/h1-34H. The molecule has 7 aromatic carbocycles. The van der Waals surface area contributed by atoms with E-state index in [1.807, 2.05) is 73.2 Å². The van der Waals surface area contributed by atoms with Crippen molar-refractivity contribution in [1.29, 1.82) is 0 Å². The Hall–Kier alpha value is -8.68. The van der Waals surface area contributed by atoms with Crippen molar-refractivity contribution in [2.75, 3.05) is 0 Å². The van der Waals surface area contributed by atoms with Crippen LogP contribution in [0.2, 0.25) is 0 Å². The van der Waals surface area contributed by atoms with Gasteiger partial charge in [-0.2, -0.15) is 0 Å².